The summed E-state index contributed by atoms with van der Waals surface area (Å²) in [4.78, 5) is 14.7. The summed E-state index contributed by atoms with van der Waals surface area (Å²) < 4.78 is 0. The smallest absolute Gasteiger partial charge is 0.181 e. The number of carbonyl (C=O) groups is 1. The standard InChI is InChI=1S/C18H19NO/c1-13-7-6-10-16(11-13)18(20)17-12-19(17)14(2)15-8-4-3-5-9-15/h3-11,14,17H,12H2,1-2H3/t14-,17+,19?/m1/s1. The summed E-state index contributed by atoms with van der Waals surface area (Å²) in [6.07, 6.45) is 0. The van der Waals surface area contributed by atoms with Gasteiger partial charge in [-0.3, -0.25) is 9.69 Å². The molecular weight excluding hydrogens is 246 g/mol. The van der Waals surface area contributed by atoms with Gasteiger partial charge in [-0.05, 0) is 25.5 Å². The molecule has 2 aromatic rings. The highest BCUT2D eigenvalue weighted by Crippen LogP contribution is 2.33. The first-order chi connectivity index (χ1) is 9.66. The summed E-state index contributed by atoms with van der Waals surface area (Å²) >= 11 is 0. The number of aryl methyl sites for hydroxylation is 1. The maximum atomic E-state index is 12.5. The van der Waals surface area contributed by atoms with Crippen LogP contribution in [-0.4, -0.2) is 23.3 Å². The highest BCUT2D eigenvalue weighted by Gasteiger charge is 2.43. The van der Waals surface area contributed by atoms with Crippen LogP contribution in [0, 0.1) is 6.92 Å². The second kappa shape index (κ2) is 5.22. The van der Waals surface area contributed by atoms with E-state index in [1.54, 1.807) is 0 Å². The number of nitrogens with zero attached hydrogens (tertiary/aromatic N) is 1. The first-order valence-corrected chi connectivity index (χ1v) is 7.08. The van der Waals surface area contributed by atoms with E-state index in [1.807, 2.05) is 49.4 Å². The van der Waals surface area contributed by atoms with Crippen molar-refractivity contribution in [2.45, 2.75) is 25.9 Å². The number of ketones is 1. The zero-order valence-electron chi connectivity index (χ0n) is 11.9. The zero-order chi connectivity index (χ0) is 14.1. The maximum absolute atomic E-state index is 12.5. The average Bonchev–Trinajstić information content (AvgIpc) is 3.27. The molecule has 0 N–H and O–H groups in total. The molecule has 0 saturated carbocycles. The molecule has 1 fully saturated rings. The Labute approximate surface area is 120 Å². The van der Waals surface area contributed by atoms with Crippen LogP contribution in [0.1, 0.15) is 34.5 Å². The van der Waals surface area contributed by atoms with E-state index in [-0.39, 0.29) is 11.8 Å². The predicted molar refractivity (Wildman–Crippen MR) is 80.9 cm³/mol. The minimum Gasteiger partial charge on any atom is -0.292 e. The molecule has 20 heavy (non-hydrogen) atoms. The molecule has 0 radical (unpaired) electrons. The van der Waals surface area contributed by atoms with Crippen molar-refractivity contribution < 1.29 is 4.79 Å². The Hall–Kier alpha value is -1.93. The average molecular weight is 265 g/mol. The van der Waals surface area contributed by atoms with E-state index in [4.69, 9.17) is 0 Å². The van der Waals surface area contributed by atoms with Gasteiger partial charge in [-0.15, -0.1) is 0 Å². The van der Waals surface area contributed by atoms with Gasteiger partial charge in [0.15, 0.2) is 5.78 Å². The molecule has 1 unspecified atom stereocenters. The Balaban J connectivity index is 1.71. The first kappa shape index (κ1) is 13.1. The van der Waals surface area contributed by atoms with Crippen molar-refractivity contribution >= 4 is 5.78 Å². The fraction of sp³-hybridized carbons (Fsp3) is 0.278. The molecule has 0 bridgehead atoms. The fourth-order valence-corrected chi connectivity index (χ4v) is 2.73. The van der Waals surface area contributed by atoms with Crippen molar-refractivity contribution in [2.24, 2.45) is 0 Å². The first-order valence-electron chi connectivity index (χ1n) is 7.08. The second-order valence-electron chi connectivity index (χ2n) is 5.53. The molecule has 1 aliphatic heterocycles. The molecule has 102 valence electrons. The van der Waals surface area contributed by atoms with Gasteiger partial charge < -0.3 is 0 Å². The van der Waals surface area contributed by atoms with Gasteiger partial charge in [-0.2, -0.15) is 0 Å². The lowest BCUT2D eigenvalue weighted by Crippen LogP contribution is -2.16. The van der Waals surface area contributed by atoms with Crippen molar-refractivity contribution in [2.75, 3.05) is 6.54 Å². The summed E-state index contributed by atoms with van der Waals surface area (Å²) in [7, 11) is 0. The van der Waals surface area contributed by atoms with Gasteiger partial charge in [0.05, 0.1) is 6.04 Å². The lowest BCUT2D eigenvalue weighted by Gasteiger charge is -2.14. The van der Waals surface area contributed by atoms with Crippen molar-refractivity contribution in [3.05, 3.63) is 71.3 Å². The van der Waals surface area contributed by atoms with Crippen LogP contribution in [0.3, 0.4) is 0 Å². The highest BCUT2D eigenvalue weighted by molar-refractivity contribution is 6.02. The summed E-state index contributed by atoms with van der Waals surface area (Å²) in [5, 5.41) is 0. The molecule has 2 nitrogen and oxygen atoms in total. The lowest BCUT2D eigenvalue weighted by atomic mass is 10.1. The lowest BCUT2D eigenvalue weighted by molar-refractivity contribution is 0.0969. The third-order valence-corrected chi connectivity index (χ3v) is 4.04. The molecule has 0 aromatic heterocycles. The molecule has 0 aliphatic carbocycles. The fourth-order valence-electron chi connectivity index (χ4n) is 2.73. The predicted octanol–water partition coefficient (Wildman–Crippen LogP) is 3.62. The molecule has 3 atom stereocenters. The van der Waals surface area contributed by atoms with E-state index in [1.165, 1.54) is 5.56 Å². The minimum atomic E-state index is 0.0482. The topological polar surface area (TPSA) is 20.1 Å². The van der Waals surface area contributed by atoms with E-state index in [9.17, 15) is 4.79 Å². The monoisotopic (exact) mass is 265 g/mol. The molecule has 3 rings (SSSR count). The second-order valence-corrected chi connectivity index (χ2v) is 5.53. The van der Waals surface area contributed by atoms with Crippen LogP contribution in [-0.2, 0) is 0 Å². The van der Waals surface area contributed by atoms with Crippen LogP contribution in [0.2, 0.25) is 0 Å². The number of rotatable bonds is 4. The Morgan fingerprint density at radius 2 is 1.90 bits per heavy atom. The number of hydrogen-bond donors (Lipinski definition) is 0. The third kappa shape index (κ3) is 2.52. The summed E-state index contributed by atoms with van der Waals surface area (Å²) in [6, 6.07) is 18.6. The van der Waals surface area contributed by atoms with Gasteiger partial charge in [0.1, 0.15) is 0 Å². The zero-order valence-corrected chi connectivity index (χ0v) is 11.9. The minimum absolute atomic E-state index is 0.0482. The Bertz CT molecular complexity index is 620. The molecule has 1 aliphatic rings. The molecule has 1 saturated heterocycles. The molecule has 1 heterocycles. The largest absolute Gasteiger partial charge is 0.292 e. The number of carbonyl (C=O) groups excluding carboxylic acids is 1. The van der Waals surface area contributed by atoms with Gasteiger partial charge >= 0.3 is 0 Å². The quantitative estimate of drug-likeness (QED) is 0.621. The van der Waals surface area contributed by atoms with Crippen LogP contribution in [0.5, 0.6) is 0 Å². The van der Waals surface area contributed by atoms with Gasteiger partial charge in [0.2, 0.25) is 0 Å². The van der Waals surface area contributed by atoms with Crippen LogP contribution >= 0.6 is 0 Å². The number of benzene rings is 2. The van der Waals surface area contributed by atoms with Crippen LogP contribution in [0.15, 0.2) is 54.6 Å². The molecular formula is C18H19NO. The Morgan fingerprint density at radius 1 is 1.15 bits per heavy atom. The SMILES string of the molecule is Cc1cccc(C(=O)[C@@H]2CN2[C@H](C)c2ccccc2)c1. The summed E-state index contributed by atoms with van der Waals surface area (Å²) in [6.45, 7) is 5.05. The van der Waals surface area contributed by atoms with Crippen LogP contribution in [0.4, 0.5) is 0 Å². The van der Waals surface area contributed by atoms with Crippen LogP contribution in [0.25, 0.3) is 0 Å². The summed E-state index contributed by atoms with van der Waals surface area (Å²) in [5.74, 6) is 0.247. The van der Waals surface area contributed by atoms with E-state index in [2.05, 4.69) is 24.0 Å². The van der Waals surface area contributed by atoms with Crippen molar-refractivity contribution in [3.63, 3.8) is 0 Å². The Morgan fingerprint density at radius 3 is 2.60 bits per heavy atom. The highest BCUT2D eigenvalue weighted by atomic mass is 16.1. The van der Waals surface area contributed by atoms with Crippen molar-refractivity contribution in [1.29, 1.82) is 0 Å². The van der Waals surface area contributed by atoms with E-state index >= 15 is 0 Å². The van der Waals surface area contributed by atoms with E-state index in [0.717, 1.165) is 17.7 Å². The molecule has 2 heteroatoms. The van der Waals surface area contributed by atoms with Gasteiger partial charge in [-0.25, -0.2) is 0 Å². The summed E-state index contributed by atoms with van der Waals surface area (Å²) in [5.41, 5.74) is 3.24. The van der Waals surface area contributed by atoms with E-state index in [0.29, 0.717) is 6.04 Å². The normalized spacial score (nSPS) is 22.3. The molecule has 0 amide bonds. The maximum Gasteiger partial charge on any atom is 0.181 e. The van der Waals surface area contributed by atoms with Crippen molar-refractivity contribution in [3.8, 4) is 0 Å². The van der Waals surface area contributed by atoms with Crippen molar-refractivity contribution in [1.82, 2.24) is 4.90 Å². The number of Topliss-reactive ketones (excluding diaryl/α,β-unsaturated/α-hetero) is 1. The van der Waals surface area contributed by atoms with Crippen LogP contribution < -0.4 is 0 Å². The Kier molecular flexibility index (Phi) is 3.41. The number of hydrogen-bond acceptors (Lipinski definition) is 2. The molecule has 2 aromatic carbocycles. The molecule has 0 spiro atoms. The van der Waals surface area contributed by atoms with E-state index < -0.39 is 0 Å². The van der Waals surface area contributed by atoms with Gasteiger partial charge in [-0.1, -0.05) is 54.1 Å². The third-order valence-electron chi connectivity index (χ3n) is 4.04. The van der Waals surface area contributed by atoms with Gasteiger partial charge in [0.25, 0.3) is 0 Å². The van der Waals surface area contributed by atoms with Gasteiger partial charge in [0, 0.05) is 18.2 Å².